The van der Waals surface area contributed by atoms with Gasteiger partial charge in [-0.15, -0.1) is 0 Å². The molecule has 536 valence electrons. The van der Waals surface area contributed by atoms with Crippen LogP contribution in [0.1, 0.15) is 149 Å². The number of likely N-dealkylation sites (N-methyl/N-ethyl adjacent to an activating group) is 4. The van der Waals surface area contributed by atoms with Gasteiger partial charge in [0.1, 0.15) is 5.60 Å². The first-order valence-corrected chi connectivity index (χ1v) is 37.1. The summed E-state index contributed by atoms with van der Waals surface area (Å²) in [5.41, 5.74) is 31.1. The Bertz CT molecular complexity index is 5360. The largest absolute Gasteiger partial charge is 0.384 e. The standard InChI is InChI=1S/C24H27N3.C23H27N3.C21H22FN3.C21H25N3O2/c1-16-7-10-23-20(13-16)21-15-26(3)12-11-24(21)27(23)22-6-4-5-19(22)18-9-8-17(2)25-14-18;1-16-6-7-20-19(14-16)22-21(10-13-25(5)23(22,3)4)26(20)15-17(2)18-8-11-24-12-9-18;1-14-4-6-19-17(10-14)18-13-24(3)9-8-20(18)25(19)12-15(2)16-5-7-21(22)23-11-16;1-14-4-6-18-16(10-14)17-12-23(3)9-8-19(17)24(18)13-21(2,26)15-5-7-20(25)22-11-15/h7-10,13-14H,4-6,11-12,15H2,1-3H3;6-9,11-12,14-15H,10,13H2,1-5H3;4-7,10-12H,8-9,13H2,1-3H3;4-7,10-11,26H,8-9,12-13H2,1-3H3,(H,22,25)/b;17-15+;15-12+;. The molecule has 0 amide bonds. The highest BCUT2D eigenvalue weighted by molar-refractivity contribution is 5.96. The summed E-state index contributed by atoms with van der Waals surface area (Å²) in [6.07, 6.45) is 21.2. The molecule has 8 aromatic heterocycles. The van der Waals surface area contributed by atoms with E-state index in [1.807, 2.05) is 19.3 Å². The van der Waals surface area contributed by atoms with Crippen LogP contribution in [0.4, 0.5) is 4.39 Å². The molecule has 15 heteroatoms. The van der Waals surface area contributed by atoms with Gasteiger partial charge in [-0.25, -0.2) is 4.98 Å². The number of nitrogens with zero attached hydrogens (tertiary/aromatic N) is 11. The maximum absolute atomic E-state index is 13.1. The number of aryl methyl sites for hydroxylation is 5. The van der Waals surface area contributed by atoms with Gasteiger partial charge in [-0.2, -0.15) is 4.39 Å². The van der Waals surface area contributed by atoms with Gasteiger partial charge in [0, 0.05) is 199 Å². The molecule has 14 nitrogen and oxygen atoms in total. The van der Waals surface area contributed by atoms with Crippen molar-refractivity contribution < 1.29 is 9.50 Å². The summed E-state index contributed by atoms with van der Waals surface area (Å²) in [4.78, 5) is 36.1. The van der Waals surface area contributed by atoms with Gasteiger partial charge in [0.05, 0.1) is 23.1 Å². The zero-order chi connectivity index (χ0) is 73.0. The number of pyridine rings is 4. The number of aromatic amines is 1. The smallest absolute Gasteiger partial charge is 0.247 e. The first-order valence-electron chi connectivity index (χ1n) is 37.1. The predicted octanol–water partition coefficient (Wildman–Crippen LogP) is 17.3. The lowest BCUT2D eigenvalue weighted by atomic mass is 9.85. The van der Waals surface area contributed by atoms with Gasteiger partial charge in [-0.3, -0.25) is 19.7 Å². The Morgan fingerprint density at radius 2 is 1.11 bits per heavy atom. The molecule has 1 atom stereocenters. The first kappa shape index (κ1) is 71.4. The van der Waals surface area contributed by atoms with Crippen molar-refractivity contribution in [2.45, 2.75) is 152 Å². The van der Waals surface area contributed by atoms with Crippen molar-refractivity contribution in [3.05, 3.63) is 264 Å². The number of fused-ring (bicyclic) bond motifs is 12. The summed E-state index contributed by atoms with van der Waals surface area (Å²) < 4.78 is 22.7. The second kappa shape index (κ2) is 29.1. The van der Waals surface area contributed by atoms with E-state index in [1.165, 1.54) is 157 Å². The third-order valence-corrected chi connectivity index (χ3v) is 22.7. The number of aliphatic hydroxyl groups is 1. The molecule has 4 aliphatic heterocycles. The molecule has 1 aliphatic carbocycles. The zero-order valence-corrected chi connectivity index (χ0v) is 63.3. The molecule has 4 aromatic carbocycles. The van der Waals surface area contributed by atoms with Crippen molar-refractivity contribution in [1.29, 1.82) is 0 Å². The average Bonchev–Trinajstić information content (AvgIpc) is 1.58. The topological polar surface area (TPSA) is 124 Å². The van der Waals surface area contributed by atoms with Crippen LogP contribution >= 0.6 is 0 Å². The Labute approximate surface area is 612 Å². The highest BCUT2D eigenvalue weighted by Gasteiger charge is 2.37. The van der Waals surface area contributed by atoms with E-state index >= 15 is 0 Å². The molecule has 104 heavy (non-hydrogen) atoms. The van der Waals surface area contributed by atoms with Crippen molar-refractivity contribution >= 4 is 78.4 Å². The van der Waals surface area contributed by atoms with Crippen molar-refractivity contribution in [2.75, 3.05) is 54.4 Å². The minimum absolute atomic E-state index is 0.0310. The Hall–Kier alpha value is -9.61. The minimum atomic E-state index is -1.07. The van der Waals surface area contributed by atoms with E-state index in [0.29, 0.717) is 12.1 Å². The van der Waals surface area contributed by atoms with E-state index in [1.54, 1.807) is 24.5 Å². The Kier molecular flexibility index (Phi) is 20.0. The number of benzene rings is 4. The van der Waals surface area contributed by atoms with Gasteiger partial charge >= 0.3 is 0 Å². The number of nitrogens with one attached hydrogen (secondary N) is 1. The van der Waals surface area contributed by atoms with Crippen molar-refractivity contribution in [3.8, 4) is 0 Å². The monoisotopic (exact) mass is 1390 g/mol. The maximum Gasteiger partial charge on any atom is 0.247 e. The molecule has 0 bridgehead atoms. The molecule has 0 saturated heterocycles. The number of hydrogen-bond acceptors (Lipinski definition) is 9. The summed E-state index contributed by atoms with van der Waals surface area (Å²) in [5, 5.41) is 16.6. The molecule has 5 aliphatic rings. The van der Waals surface area contributed by atoms with Crippen LogP contribution in [-0.2, 0) is 63.0 Å². The third-order valence-electron chi connectivity index (χ3n) is 22.7. The normalized spacial score (nSPS) is 17.0. The number of allylic oxidation sites excluding steroid dienone is 4. The lowest BCUT2D eigenvalue weighted by molar-refractivity contribution is 0.0381. The van der Waals surface area contributed by atoms with E-state index in [4.69, 9.17) is 0 Å². The van der Waals surface area contributed by atoms with Crippen molar-refractivity contribution in [3.63, 3.8) is 0 Å². The van der Waals surface area contributed by atoms with Crippen LogP contribution in [0.2, 0.25) is 0 Å². The first-order chi connectivity index (χ1) is 49.9. The van der Waals surface area contributed by atoms with E-state index < -0.39 is 11.5 Å². The van der Waals surface area contributed by atoms with Crippen LogP contribution in [0.5, 0.6) is 0 Å². The number of aromatic nitrogens is 8. The summed E-state index contributed by atoms with van der Waals surface area (Å²) in [6, 6.07) is 41.9. The van der Waals surface area contributed by atoms with Crippen LogP contribution in [0.25, 0.3) is 78.4 Å². The lowest BCUT2D eigenvalue weighted by Gasteiger charge is -2.40. The van der Waals surface area contributed by atoms with Crippen LogP contribution in [0.3, 0.4) is 0 Å². The molecule has 0 spiro atoms. The molecule has 2 N–H and O–H groups in total. The van der Waals surface area contributed by atoms with Gasteiger partial charge in [0.2, 0.25) is 11.5 Å². The second-order valence-corrected chi connectivity index (χ2v) is 30.9. The highest BCUT2D eigenvalue weighted by atomic mass is 19.1. The molecule has 1 unspecified atom stereocenters. The van der Waals surface area contributed by atoms with Crippen LogP contribution in [0.15, 0.2) is 157 Å². The maximum atomic E-state index is 13.1. The number of halogens is 1. The Morgan fingerprint density at radius 3 is 1.71 bits per heavy atom. The number of H-pyrrole nitrogens is 1. The quantitative estimate of drug-likeness (QED) is 0.136. The summed E-state index contributed by atoms with van der Waals surface area (Å²) in [7, 11) is 8.80. The van der Waals surface area contributed by atoms with E-state index in [2.05, 4.69) is 264 Å². The SMILES string of the molecule is C/C(=C\n1c2c(c3cc(C)ccc31)C(C)(C)N(C)CC2)c1ccncc1.C/C(=C\n1c2c(c3cc(C)ccc31)CN(C)CC2)c1ccc(F)nc1.Cc1ccc2c(c1)c1c(n2C2=C(c3ccc(C)nc3)CCC2)CCN(C)C1.Cc1ccc2c(c1)c1c(n2CC(C)(O)c2ccc(=O)[nH]c2)CCN(C)C1. The molecule has 17 rings (SSSR count). The van der Waals surface area contributed by atoms with Crippen molar-refractivity contribution in [1.82, 2.24) is 57.8 Å². The van der Waals surface area contributed by atoms with Gasteiger partial charge in [-0.05, 0) is 252 Å². The average molecular weight is 1390 g/mol. The predicted molar refractivity (Wildman–Crippen MR) is 427 cm³/mol. The Balaban J connectivity index is 0.000000117. The fraction of sp³-hybridized carbons (Fsp3) is 0.348. The third kappa shape index (κ3) is 14.2. The van der Waals surface area contributed by atoms with Crippen LogP contribution < -0.4 is 5.56 Å². The summed E-state index contributed by atoms with van der Waals surface area (Å²) >= 11 is 0. The summed E-state index contributed by atoms with van der Waals surface area (Å²) in [6.45, 7) is 29.1. The van der Waals surface area contributed by atoms with E-state index in [-0.39, 0.29) is 11.1 Å². The molecular weight excluding hydrogens is 1290 g/mol. The van der Waals surface area contributed by atoms with Gasteiger partial charge in [-0.1, -0.05) is 52.6 Å². The fourth-order valence-corrected chi connectivity index (χ4v) is 16.7. The van der Waals surface area contributed by atoms with Gasteiger partial charge in [0.15, 0.2) is 0 Å². The number of hydrogen-bond donors (Lipinski definition) is 2. The molecular formula is C89H101FN12O2. The van der Waals surface area contributed by atoms with Crippen molar-refractivity contribution in [2.24, 2.45) is 0 Å². The molecule has 12 heterocycles. The fourth-order valence-electron chi connectivity index (χ4n) is 16.7. The van der Waals surface area contributed by atoms with E-state index in [0.717, 1.165) is 101 Å². The molecule has 0 fully saturated rings. The second-order valence-electron chi connectivity index (χ2n) is 30.9. The summed E-state index contributed by atoms with van der Waals surface area (Å²) in [5.74, 6) is -0.446. The molecule has 0 radical (unpaired) electrons. The molecule has 0 saturated carbocycles. The zero-order valence-electron chi connectivity index (χ0n) is 63.3. The van der Waals surface area contributed by atoms with Crippen LogP contribution in [0, 0.1) is 40.6 Å². The lowest BCUT2D eigenvalue weighted by Crippen LogP contribution is -2.44. The molecule has 12 aromatic rings. The Morgan fingerprint density at radius 1 is 0.567 bits per heavy atom. The highest BCUT2D eigenvalue weighted by Crippen LogP contribution is 2.45. The minimum Gasteiger partial charge on any atom is -0.384 e. The number of rotatable bonds is 9. The van der Waals surface area contributed by atoms with Gasteiger partial charge < -0.3 is 43.1 Å². The van der Waals surface area contributed by atoms with Crippen LogP contribution in [-0.4, -0.2) is 117 Å². The van der Waals surface area contributed by atoms with Gasteiger partial charge in [0.25, 0.3) is 0 Å². The van der Waals surface area contributed by atoms with E-state index in [9.17, 15) is 14.3 Å².